The largest absolute Gasteiger partial charge is 0.465 e. The van der Waals surface area contributed by atoms with E-state index in [-0.39, 0.29) is 5.97 Å². The van der Waals surface area contributed by atoms with E-state index in [2.05, 4.69) is 17.1 Å². The molecule has 0 saturated heterocycles. The first-order valence-corrected chi connectivity index (χ1v) is 7.38. The summed E-state index contributed by atoms with van der Waals surface area (Å²) < 4.78 is 4.99. The van der Waals surface area contributed by atoms with Gasteiger partial charge in [0.15, 0.2) is 0 Å². The SMILES string of the molecule is COC(=O)c1c(C)nc2c(c1-c1ccccc1)CCCC2. The molecule has 0 unspecified atom stereocenters. The van der Waals surface area contributed by atoms with Crippen LogP contribution in [-0.2, 0) is 17.6 Å². The van der Waals surface area contributed by atoms with Gasteiger partial charge in [0.05, 0.1) is 18.4 Å². The smallest absolute Gasteiger partial charge is 0.340 e. The first-order chi connectivity index (χ1) is 10.2. The molecule has 0 bridgehead atoms. The first kappa shape index (κ1) is 13.8. The van der Waals surface area contributed by atoms with Crippen molar-refractivity contribution in [3.63, 3.8) is 0 Å². The van der Waals surface area contributed by atoms with Gasteiger partial charge in [-0.15, -0.1) is 0 Å². The molecule has 3 nitrogen and oxygen atoms in total. The number of rotatable bonds is 2. The third kappa shape index (κ3) is 2.44. The Kier molecular flexibility index (Phi) is 3.74. The van der Waals surface area contributed by atoms with Crippen molar-refractivity contribution in [3.8, 4) is 11.1 Å². The lowest BCUT2D eigenvalue weighted by Gasteiger charge is -2.22. The number of fused-ring (bicyclic) bond motifs is 1. The van der Waals surface area contributed by atoms with Gasteiger partial charge in [-0.1, -0.05) is 30.3 Å². The molecule has 0 saturated carbocycles. The maximum atomic E-state index is 12.3. The number of pyridine rings is 1. The molecule has 0 amide bonds. The number of ether oxygens (including phenoxy) is 1. The van der Waals surface area contributed by atoms with E-state index in [1.165, 1.54) is 19.1 Å². The molecule has 3 rings (SSSR count). The van der Waals surface area contributed by atoms with Crippen LogP contribution in [0.4, 0.5) is 0 Å². The summed E-state index contributed by atoms with van der Waals surface area (Å²) in [4.78, 5) is 16.9. The lowest BCUT2D eigenvalue weighted by molar-refractivity contribution is 0.0600. The average molecular weight is 281 g/mol. The molecule has 2 aromatic rings. The van der Waals surface area contributed by atoms with E-state index >= 15 is 0 Å². The molecule has 21 heavy (non-hydrogen) atoms. The van der Waals surface area contributed by atoms with E-state index < -0.39 is 0 Å². The summed E-state index contributed by atoms with van der Waals surface area (Å²) in [5.74, 6) is -0.299. The maximum Gasteiger partial charge on any atom is 0.340 e. The van der Waals surface area contributed by atoms with E-state index in [0.717, 1.165) is 41.8 Å². The molecule has 0 radical (unpaired) electrons. The van der Waals surface area contributed by atoms with Gasteiger partial charge in [0, 0.05) is 11.3 Å². The van der Waals surface area contributed by atoms with Crippen LogP contribution in [0, 0.1) is 6.92 Å². The lowest BCUT2D eigenvalue weighted by Crippen LogP contribution is -2.15. The number of nitrogens with zero attached hydrogens (tertiary/aromatic N) is 1. The van der Waals surface area contributed by atoms with Crippen LogP contribution in [0.25, 0.3) is 11.1 Å². The summed E-state index contributed by atoms with van der Waals surface area (Å²) in [6.07, 6.45) is 4.30. The van der Waals surface area contributed by atoms with Crippen LogP contribution in [0.3, 0.4) is 0 Å². The number of carbonyl (C=O) groups is 1. The first-order valence-electron chi connectivity index (χ1n) is 7.38. The number of hydrogen-bond donors (Lipinski definition) is 0. The van der Waals surface area contributed by atoms with Crippen molar-refractivity contribution in [2.75, 3.05) is 7.11 Å². The van der Waals surface area contributed by atoms with Gasteiger partial charge in [0.1, 0.15) is 0 Å². The molecule has 0 N–H and O–H groups in total. The zero-order chi connectivity index (χ0) is 14.8. The molecule has 1 heterocycles. The molecule has 0 spiro atoms. The Morgan fingerprint density at radius 3 is 2.57 bits per heavy atom. The summed E-state index contributed by atoms with van der Waals surface area (Å²) in [6, 6.07) is 10.1. The van der Waals surface area contributed by atoms with Crippen LogP contribution < -0.4 is 0 Å². The zero-order valence-corrected chi connectivity index (χ0v) is 12.5. The van der Waals surface area contributed by atoms with Crippen molar-refractivity contribution >= 4 is 5.97 Å². The highest BCUT2D eigenvalue weighted by molar-refractivity contribution is 5.99. The highest BCUT2D eigenvalue weighted by atomic mass is 16.5. The van der Waals surface area contributed by atoms with E-state index in [1.54, 1.807) is 0 Å². The van der Waals surface area contributed by atoms with Gasteiger partial charge < -0.3 is 4.74 Å². The summed E-state index contributed by atoms with van der Waals surface area (Å²) in [5.41, 5.74) is 5.83. The van der Waals surface area contributed by atoms with Crippen molar-refractivity contribution in [2.24, 2.45) is 0 Å². The molecule has 0 atom stereocenters. The van der Waals surface area contributed by atoms with Crippen molar-refractivity contribution in [2.45, 2.75) is 32.6 Å². The van der Waals surface area contributed by atoms with Crippen LogP contribution in [0.1, 0.15) is 40.2 Å². The van der Waals surface area contributed by atoms with Gasteiger partial charge in [0.25, 0.3) is 0 Å². The molecule has 3 heteroatoms. The van der Waals surface area contributed by atoms with E-state index in [4.69, 9.17) is 4.74 Å². The lowest BCUT2D eigenvalue weighted by atomic mass is 9.85. The highest BCUT2D eigenvalue weighted by Crippen LogP contribution is 2.35. The quantitative estimate of drug-likeness (QED) is 0.787. The second kappa shape index (κ2) is 5.68. The third-order valence-corrected chi connectivity index (χ3v) is 4.11. The van der Waals surface area contributed by atoms with Gasteiger partial charge in [-0.05, 0) is 43.7 Å². The van der Waals surface area contributed by atoms with Crippen molar-refractivity contribution in [3.05, 3.63) is 52.8 Å². The van der Waals surface area contributed by atoms with Gasteiger partial charge in [-0.25, -0.2) is 4.79 Å². The summed E-state index contributed by atoms with van der Waals surface area (Å²) in [5, 5.41) is 0. The minimum Gasteiger partial charge on any atom is -0.465 e. The molecular weight excluding hydrogens is 262 g/mol. The third-order valence-electron chi connectivity index (χ3n) is 4.11. The zero-order valence-electron chi connectivity index (χ0n) is 12.5. The standard InChI is InChI=1S/C18H19NO2/c1-12-16(18(20)21-2)17(13-8-4-3-5-9-13)14-10-6-7-11-15(14)19-12/h3-5,8-9H,6-7,10-11H2,1-2H3. The molecule has 1 aromatic carbocycles. The fourth-order valence-corrected chi connectivity index (χ4v) is 3.15. The Labute approximate surface area is 125 Å². The Bertz CT molecular complexity index is 677. The number of hydrogen-bond acceptors (Lipinski definition) is 3. The van der Waals surface area contributed by atoms with E-state index in [9.17, 15) is 4.79 Å². The van der Waals surface area contributed by atoms with Crippen molar-refractivity contribution in [1.29, 1.82) is 0 Å². The minimum atomic E-state index is -0.299. The normalized spacial score (nSPS) is 13.6. The van der Waals surface area contributed by atoms with Gasteiger partial charge in [0.2, 0.25) is 0 Å². The monoisotopic (exact) mass is 281 g/mol. The number of carbonyl (C=O) groups excluding carboxylic acids is 1. The van der Waals surface area contributed by atoms with Gasteiger partial charge in [-0.3, -0.25) is 4.98 Å². The number of esters is 1. The molecule has 1 aliphatic rings. The van der Waals surface area contributed by atoms with Gasteiger partial charge >= 0.3 is 5.97 Å². The summed E-state index contributed by atoms with van der Waals surface area (Å²) in [7, 11) is 1.43. The van der Waals surface area contributed by atoms with Gasteiger partial charge in [-0.2, -0.15) is 0 Å². The number of methoxy groups -OCH3 is 1. The predicted octanol–water partition coefficient (Wildman–Crippen LogP) is 3.72. The minimum absolute atomic E-state index is 0.299. The van der Waals surface area contributed by atoms with Crippen LogP contribution in [0.5, 0.6) is 0 Å². The Balaban J connectivity index is 2.32. The van der Waals surface area contributed by atoms with Crippen LogP contribution in [-0.4, -0.2) is 18.1 Å². The predicted molar refractivity (Wildman–Crippen MR) is 82.4 cm³/mol. The fourth-order valence-electron chi connectivity index (χ4n) is 3.15. The van der Waals surface area contributed by atoms with Crippen molar-refractivity contribution < 1.29 is 9.53 Å². The summed E-state index contributed by atoms with van der Waals surface area (Å²) >= 11 is 0. The maximum absolute atomic E-state index is 12.3. The van der Waals surface area contributed by atoms with E-state index in [1.807, 2.05) is 25.1 Å². The molecule has 1 aliphatic carbocycles. The number of benzene rings is 1. The molecular formula is C18H19NO2. The van der Waals surface area contributed by atoms with Crippen LogP contribution in [0.2, 0.25) is 0 Å². The van der Waals surface area contributed by atoms with Crippen molar-refractivity contribution in [1.82, 2.24) is 4.98 Å². The molecule has 0 fully saturated rings. The molecule has 1 aromatic heterocycles. The Morgan fingerprint density at radius 1 is 1.14 bits per heavy atom. The topological polar surface area (TPSA) is 39.2 Å². The Hall–Kier alpha value is -2.16. The molecule has 0 aliphatic heterocycles. The second-order valence-electron chi connectivity index (χ2n) is 5.44. The van der Waals surface area contributed by atoms with Crippen LogP contribution in [0.15, 0.2) is 30.3 Å². The number of aromatic nitrogens is 1. The molecule has 108 valence electrons. The van der Waals surface area contributed by atoms with E-state index in [0.29, 0.717) is 5.56 Å². The summed E-state index contributed by atoms with van der Waals surface area (Å²) in [6.45, 7) is 1.90. The van der Waals surface area contributed by atoms with Crippen LogP contribution >= 0.6 is 0 Å². The average Bonchev–Trinajstić information content (AvgIpc) is 2.53. The second-order valence-corrected chi connectivity index (χ2v) is 5.44. The fraction of sp³-hybridized carbons (Fsp3) is 0.333. The number of aryl methyl sites for hydroxylation is 2. The highest BCUT2D eigenvalue weighted by Gasteiger charge is 2.25. The Morgan fingerprint density at radius 2 is 1.86 bits per heavy atom.